The fraction of sp³-hybridized carbons (Fsp3) is 0.619. The van der Waals surface area contributed by atoms with Crippen LogP contribution in [0.4, 0.5) is 0 Å². The molecule has 0 saturated heterocycles. The molecule has 0 fully saturated rings. The van der Waals surface area contributed by atoms with Crippen molar-refractivity contribution in [3.8, 4) is 0 Å². The lowest BCUT2D eigenvalue weighted by Gasteiger charge is -2.27. The maximum absolute atomic E-state index is 13.1. The van der Waals surface area contributed by atoms with Gasteiger partial charge in [0.25, 0.3) is 0 Å². The first-order chi connectivity index (χ1) is 13.4. The second-order valence-electron chi connectivity index (χ2n) is 6.92. The molecule has 0 aliphatic rings. The van der Waals surface area contributed by atoms with Crippen LogP contribution in [0, 0.1) is 5.92 Å². The number of nitrogens with zero attached hydrogens (tertiary/aromatic N) is 1. The average Bonchev–Trinajstić information content (AvgIpc) is 2.66. The van der Waals surface area contributed by atoms with Crippen LogP contribution in [0.5, 0.6) is 0 Å². The highest BCUT2D eigenvalue weighted by Gasteiger charge is 2.26. The Morgan fingerprint density at radius 2 is 1.64 bits per heavy atom. The van der Waals surface area contributed by atoms with Crippen LogP contribution in [0.15, 0.2) is 23.1 Å². The van der Waals surface area contributed by atoms with E-state index in [4.69, 9.17) is 23.2 Å². The fourth-order valence-electron chi connectivity index (χ4n) is 2.89. The third kappa shape index (κ3) is 9.53. The van der Waals surface area contributed by atoms with Gasteiger partial charge in [0.1, 0.15) is 0 Å². The Hall–Kier alpha value is -0.910. The van der Waals surface area contributed by atoms with E-state index in [1.165, 1.54) is 11.8 Å². The molecule has 0 heterocycles. The SMILES string of the molecule is CCCCCN(CCCCC)C(=O)C(CSc1ccc(Cl)c(Cl)c1)CC(=O)O. The number of thioether (sulfide) groups is 1. The van der Waals surface area contributed by atoms with Crippen molar-refractivity contribution in [1.82, 2.24) is 4.90 Å². The molecule has 0 aromatic heterocycles. The minimum absolute atomic E-state index is 0.0535. The normalized spacial score (nSPS) is 12.0. The van der Waals surface area contributed by atoms with Gasteiger partial charge in [-0.2, -0.15) is 0 Å². The predicted molar refractivity (Wildman–Crippen MR) is 119 cm³/mol. The summed E-state index contributed by atoms with van der Waals surface area (Å²) in [5, 5.41) is 10.2. The van der Waals surface area contributed by atoms with Gasteiger partial charge >= 0.3 is 5.97 Å². The summed E-state index contributed by atoms with van der Waals surface area (Å²) >= 11 is 13.4. The van der Waals surface area contributed by atoms with E-state index in [1.807, 2.05) is 11.0 Å². The Bertz CT molecular complexity index is 618. The van der Waals surface area contributed by atoms with Crippen LogP contribution in [-0.2, 0) is 9.59 Å². The molecule has 158 valence electrons. The van der Waals surface area contributed by atoms with Gasteiger partial charge in [-0.25, -0.2) is 0 Å². The van der Waals surface area contributed by atoms with E-state index >= 15 is 0 Å². The molecule has 0 saturated carbocycles. The van der Waals surface area contributed by atoms with E-state index < -0.39 is 11.9 Å². The van der Waals surface area contributed by atoms with Gasteiger partial charge in [-0.1, -0.05) is 62.7 Å². The molecule has 1 unspecified atom stereocenters. The number of carbonyl (C=O) groups excluding carboxylic acids is 1. The predicted octanol–water partition coefficient (Wildman–Crippen LogP) is 6.39. The molecule has 0 aliphatic carbocycles. The van der Waals surface area contributed by atoms with Crippen molar-refractivity contribution >= 4 is 46.8 Å². The van der Waals surface area contributed by atoms with E-state index in [2.05, 4.69) is 13.8 Å². The van der Waals surface area contributed by atoms with Gasteiger partial charge < -0.3 is 10.0 Å². The Morgan fingerprint density at radius 1 is 1.04 bits per heavy atom. The van der Waals surface area contributed by atoms with Crippen LogP contribution in [0.25, 0.3) is 0 Å². The number of unbranched alkanes of at least 4 members (excludes halogenated alkanes) is 4. The monoisotopic (exact) mass is 447 g/mol. The average molecular weight is 448 g/mol. The van der Waals surface area contributed by atoms with Crippen LogP contribution in [0.3, 0.4) is 0 Å². The standard InChI is InChI=1S/C21H31Cl2NO3S/c1-3-5-7-11-24(12-8-6-4-2)21(27)16(13-20(25)26)15-28-17-9-10-18(22)19(23)14-17/h9-10,14,16H,3-8,11-13,15H2,1-2H3,(H,25,26). The number of carbonyl (C=O) groups is 2. The number of hydrogen-bond donors (Lipinski definition) is 1. The first-order valence-corrected chi connectivity index (χ1v) is 11.7. The Kier molecular flexibility index (Phi) is 12.7. The van der Waals surface area contributed by atoms with Crippen molar-refractivity contribution in [2.24, 2.45) is 5.92 Å². The van der Waals surface area contributed by atoms with Crippen molar-refractivity contribution in [3.63, 3.8) is 0 Å². The molecule has 1 aromatic rings. The zero-order valence-electron chi connectivity index (χ0n) is 16.8. The van der Waals surface area contributed by atoms with Crippen molar-refractivity contribution in [2.45, 2.75) is 63.7 Å². The Morgan fingerprint density at radius 3 is 2.14 bits per heavy atom. The molecular weight excluding hydrogens is 417 g/mol. The zero-order chi connectivity index (χ0) is 20.9. The van der Waals surface area contributed by atoms with Crippen molar-refractivity contribution < 1.29 is 14.7 Å². The number of benzene rings is 1. The molecule has 4 nitrogen and oxygen atoms in total. The second-order valence-corrected chi connectivity index (χ2v) is 8.83. The van der Waals surface area contributed by atoms with Crippen LogP contribution >= 0.6 is 35.0 Å². The largest absolute Gasteiger partial charge is 0.481 e. The quantitative estimate of drug-likeness (QED) is 0.265. The van der Waals surface area contributed by atoms with Gasteiger partial charge in [-0.3, -0.25) is 9.59 Å². The summed E-state index contributed by atoms with van der Waals surface area (Å²) in [7, 11) is 0. The van der Waals surface area contributed by atoms with Gasteiger partial charge in [0.2, 0.25) is 5.91 Å². The minimum Gasteiger partial charge on any atom is -0.481 e. The zero-order valence-corrected chi connectivity index (χ0v) is 19.1. The number of hydrogen-bond acceptors (Lipinski definition) is 3. The maximum atomic E-state index is 13.1. The van der Waals surface area contributed by atoms with Crippen LogP contribution < -0.4 is 0 Å². The minimum atomic E-state index is -0.949. The van der Waals surface area contributed by atoms with Gasteiger partial charge in [-0.15, -0.1) is 11.8 Å². The smallest absolute Gasteiger partial charge is 0.304 e. The van der Waals surface area contributed by atoms with Crippen molar-refractivity contribution in [1.29, 1.82) is 0 Å². The highest BCUT2D eigenvalue weighted by molar-refractivity contribution is 7.99. The van der Waals surface area contributed by atoms with E-state index in [0.717, 1.165) is 43.4 Å². The highest BCUT2D eigenvalue weighted by Crippen LogP contribution is 2.30. The molecule has 0 bridgehead atoms. The number of rotatable bonds is 14. The molecule has 0 aliphatic heterocycles. The number of carboxylic acids is 1. The molecule has 1 atom stereocenters. The second kappa shape index (κ2) is 14.1. The van der Waals surface area contributed by atoms with Gasteiger partial charge in [0.05, 0.1) is 22.4 Å². The van der Waals surface area contributed by atoms with Gasteiger partial charge in [0.15, 0.2) is 0 Å². The first-order valence-electron chi connectivity index (χ1n) is 9.97. The molecule has 28 heavy (non-hydrogen) atoms. The van der Waals surface area contributed by atoms with E-state index in [-0.39, 0.29) is 12.3 Å². The summed E-state index contributed by atoms with van der Waals surface area (Å²) in [6.45, 7) is 5.66. The lowest BCUT2D eigenvalue weighted by molar-refractivity contribution is -0.144. The summed E-state index contributed by atoms with van der Waals surface area (Å²) < 4.78 is 0. The number of amides is 1. The van der Waals surface area contributed by atoms with E-state index in [9.17, 15) is 14.7 Å². The van der Waals surface area contributed by atoms with Gasteiger partial charge in [-0.05, 0) is 31.0 Å². The number of aliphatic carboxylic acids is 1. The third-order valence-electron chi connectivity index (χ3n) is 4.49. The molecular formula is C21H31Cl2NO3S. The maximum Gasteiger partial charge on any atom is 0.304 e. The van der Waals surface area contributed by atoms with Crippen LogP contribution in [-0.4, -0.2) is 40.7 Å². The van der Waals surface area contributed by atoms with E-state index in [0.29, 0.717) is 28.9 Å². The van der Waals surface area contributed by atoms with Crippen LogP contribution in [0.1, 0.15) is 58.8 Å². The lowest BCUT2D eigenvalue weighted by Crippen LogP contribution is -2.39. The van der Waals surface area contributed by atoms with Crippen molar-refractivity contribution in [3.05, 3.63) is 28.2 Å². The topological polar surface area (TPSA) is 57.6 Å². The third-order valence-corrected chi connectivity index (χ3v) is 6.38. The first kappa shape index (κ1) is 25.1. The molecule has 1 N–H and O–H groups in total. The Labute approximate surface area is 183 Å². The van der Waals surface area contributed by atoms with Gasteiger partial charge in [0, 0.05) is 23.7 Å². The molecule has 1 amide bonds. The summed E-state index contributed by atoms with van der Waals surface area (Å²) in [6, 6.07) is 5.29. The van der Waals surface area contributed by atoms with Crippen molar-refractivity contribution in [2.75, 3.05) is 18.8 Å². The summed E-state index contributed by atoms with van der Waals surface area (Å²) in [6.07, 6.45) is 6.05. The number of carboxylic acid groups (broad SMARTS) is 1. The Balaban J connectivity index is 2.81. The van der Waals surface area contributed by atoms with Crippen LogP contribution in [0.2, 0.25) is 10.0 Å². The molecule has 1 rings (SSSR count). The molecule has 1 aromatic carbocycles. The molecule has 0 radical (unpaired) electrons. The lowest BCUT2D eigenvalue weighted by atomic mass is 10.1. The summed E-state index contributed by atoms with van der Waals surface area (Å²) in [4.78, 5) is 27.2. The summed E-state index contributed by atoms with van der Waals surface area (Å²) in [5.41, 5.74) is 0. The number of halogens is 2. The van der Waals surface area contributed by atoms with E-state index in [1.54, 1.807) is 12.1 Å². The molecule has 0 spiro atoms. The highest BCUT2D eigenvalue weighted by atomic mass is 35.5. The molecule has 7 heteroatoms. The fourth-order valence-corrected chi connectivity index (χ4v) is 4.27. The summed E-state index contributed by atoms with van der Waals surface area (Å²) in [5.74, 6) is -1.15.